The van der Waals surface area contributed by atoms with E-state index in [9.17, 15) is 13.0 Å². The summed E-state index contributed by atoms with van der Waals surface area (Å²) in [5, 5.41) is 0. The van der Waals surface area contributed by atoms with Crippen LogP contribution < -0.4 is 4.90 Å². The van der Waals surface area contributed by atoms with Crippen LogP contribution in [0.3, 0.4) is 0 Å². The van der Waals surface area contributed by atoms with Gasteiger partial charge < -0.3 is 9.45 Å². The van der Waals surface area contributed by atoms with Crippen molar-refractivity contribution in [3.05, 3.63) is 0 Å². The van der Waals surface area contributed by atoms with E-state index in [2.05, 4.69) is 25.2 Å². The van der Waals surface area contributed by atoms with Gasteiger partial charge in [-0.3, -0.25) is 4.18 Å². The molecule has 0 aromatic heterocycles. The predicted molar refractivity (Wildman–Crippen MR) is 49.3 cm³/mol. The molecule has 0 saturated heterocycles. The largest absolute Gasteiger partial charge is 0.726 e. The van der Waals surface area contributed by atoms with Gasteiger partial charge in [-0.2, -0.15) is 0 Å². The Bertz CT molecular complexity index is 189. The molecule has 0 radical (unpaired) electrons. The average Bonchev–Trinajstić information content (AvgIpc) is 2.00. The van der Waals surface area contributed by atoms with E-state index in [-0.39, 0.29) is 6.61 Å². The Morgan fingerprint density at radius 1 is 1.31 bits per heavy atom. The third-order valence-corrected chi connectivity index (χ3v) is 1.59. The van der Waals surface area contributed by atoms with Crippen LogP contribution in [0.25, 0.3) is 0 Å². The van der Waals surface area contributed by atoms with Crippen LogP contribution in [0, 0.1) is 0 Å². The average molecular weight is 213 g/mol. The van der Waals surface area contributed by atoms with E-state index in [0.29, 0.717) is 6.42 Å². The molecular formula is C7H19NO4S. The lowest BCUT2D eigenvalue weighted by Crippen LogP contribution is -3.05. The van der Waals surface area contributed by atoms with Gasteiger partial charge in [0.25, 0.3) is 0 Å². The van der Waals surface area contributed by atoms with Gasteiger partial charge in [0, 0.05) is 0 Å². The molecule has 0 fully saturated rings. The minimum atomic E-state index is -4.44. The van der Waals surface area contributed by atoms with Gasteiger partial charge in [-0.15, -0.1) is 0 Å². The summed E-state index contributed by atoms with van der Waals surface area (Å²) in [5.41, 5.74) is 0. The van der Waals surface area contributed by atoms with Gasteiger partial charge in [-0.1, -0.05) is 6.92 Å². The minimum absolute atomic E-state index is 0.0220. The van der Waals surface area contributed by atoms with Crippen molar-refractivity contribution in [3.63, 3.8) is 0 Å². The molecule has 0 spiro atoms. The molecule has 5 nitrogen and oxygen atoms in total. The summed E-state index contributed by atoms with van der Waals surface area (Å²) in [5.74, 6) is 0. The van der Waals surface area contributed by atoms with Crippen molar-refractivity contribution < 1.29 is 22.1 Å². The zero-order valence-electron chi connectivity index (χ0n) is 8.66. The normalized spacial score (nSPS) is 10.9. The SMILES string of the molecule is CCCOS(=O)(=O)[O-].CC[NH+](C)C. The molecule has 0 aliphatic heterocycles. The fraction of sp³-hybridized carbons (Fsp3) is 1.00. The third-order valence-electron chi connectivity index (χ3n) is 1.14. The molecule has 0 aliphatic carbocycles. The van der Waals surface area contributed by atoms with Gasteiger partial charge in [0.05, 0.1) is 27.2 Å². The molecule has 0 unspecified atom stereocenters. The molecule has 0 bridgehead atoms. The van der Waals surface area contributed by atoms with Crippen molar-refractivity contribution in [3.8, 4) is 0 Å². The molecular weight excluding hydrogens is 194 g/mol. The lowest BCUT2D eigenvalue weighted by Gasteiger charge is -2.04. The topological polar surface area (TPSA) is 70.9 Å². The summed E-state index contributed by atoms with van der Waals surface area (Å²) in [6.45, 7) is 5.08. The van der Waals surface area contributed by atoms with Crippen LogP contribution in [0.15, 0.2) is 0 Å². The van der Waals surface area contributed by atoms with Crippen molar-refractivity contribution in [1.29, 1.82) is 0 Å². The number of quaternary nitrogens is 1. The second-order valence-corrected chi connectivity index (χ2v) is 3.84. The van der Waals surface area contributed by atoms with Crippen molar-refractivity contribution >= 4 is 10.4 Å². The van der Waals surface area contributed by atoms with Crippen molar-refractivity contribution in [2.24, 2.45) is 0 Å². The van der Waals surface area contributed by atoms with Crippen molar-refractivity contribution in [2.75, 3.05) is 27.2 Å². The fourth-order valence-corrected chi connectivity index (χ4v) is 0.556. The molecule has 0 aromatic rings. The summed E-state index contributed by atoms with van der Waals surface area (Å²) in [4.78, 5) is 1.50. The van der Waals surface area contributed by atoms with Crippen molar-refractivity contribution in [2.45, 2.75) is 20.3 Å². The Morgan fingerprint density at radius 2 is 1.69 bits per heavy atom. The van der Waals surface area contributed by atoms with Crippen LogP contribution in [0.2, 0.25) is 0 Å². The molecule has 1 N–H and O–H groups in total. The van der Waals surface area contributed by atoms with Gasteiger partial charge in [0.2, 0.25) is 10.4 Å². The molecule has 82 valence electrons. The highest BCUT2D eigenvalue weighted by Gasteiger charge is 1.88. The number of nitrogens with one attached hydrogen (secondary N) is 1. The minimum Gasteiger partial charge on any atom is -0.726 e. The predicted octanol–water partition coefficient (Wildman–Crippen LogP) is -0.976. The molecule has 0 aromatic carbocycles. The first kappa shape index (κ1) is 15.3. The highest BCUT2D eigenvalue weighted by atomic mass is 32.3. The molecule has 0 rings (SSSR count). The van der Waals surface area contributed by atoms with Gasteiger partial charge in [-0.05, 0) is 13.3 Å². The number of hydrogen-bond acceptors (Lipinski definition) is 4. The first-order valence-corrected chi connectivity index (χ1v) is 5.56. The third kappa shape index (κ3) is 24.5. The smallest absolute Gasteiger partial charge is 0.217 e. The van der Waals surface area contributed by atoms with Crippen LogP contribution in [0.5, 0.6) is 0 Å². The summed E-state index contributed by atoms with van der Waals surface area (Å²) in [7, 11) is -0.158. The van der Waals surface area contributed by atoms with E-state index >= 15 is 0 Å². The zero-order chi connectivity index (χ0) is 10.9. The summed E-state index contributed by atoms with van der Waals surface area (Å²) in [6, 6.07) is 0. The second-order valence-electron chi connectivity index (χ2n) is 2.79. The molecule has 6 heteroatoms. The monoisotopic (exact) mass is 213 g/mol. The van der Waals surface area contributed by atoms with E-state index in [1.165, 1.54) is 11.4 Å². The Kier molecular flexibility index (Phi) is 9.93. The van der Waals surface area contributed by atoms with E-state index < -0.39 is 10.4 Å². The Hall–Kier alpha value is -0.170. The lowest BCUT2D eigenvalue weighted by molar-refractivity contribution is -0.856. The Balaban J connectivity index is 0. The fourth-order valence-electron chi connectivity index (χ4n) is 0.185. The Labute approximate surface area is 80.6 Å². The maximum Gasteiger partial charge on any atom is 0.217 e. The van der Waals surface area contributed by atoms with E-state index in [0.717, 1.165) is 0 Å². The van der Waals surface area contributed by atoms with E-state index in [1.54, 1.807) is 6.92 Å². The maximum atomic E-state index is 9.61. The highest BCUT2D eigenvalue weighted by molar-refractivity contribution is 7.80. The second kappa shape index (κ2) is 8.43. The van der Waals surface area contributed by atoms with Crippen LogP contribution >= 0.6 is 0 Å². The van der Waals surface area contributed by atoms with Gasteiger partial charge >= 0.3 is 0 Å². The van der Waals surface area contributed by atoms with Gasteiger partial charge in [0.1, 0.15) is 0 Å². The molecule has 0 aliphatic rings. The molecule has 0 atom stereocenters. The van der Waals surface area contributed by atoms with E-state index in [1.807, 2.05) is 0 Å². The first-order valence-electron chi connectivity index (χ1n) is 4.22. The molecule has 0 amide bonds. The van der Waals surface area contributed by atoms with Gasteiger partial charge in [-0.25, -0.2) is 8.42 Å². The molecule has 0 heterocycles. The van der Waals surface area contributed by atoms with E-state index in [4.69, 9.17) is 0 Å². The van der Waals surface area contributed by atoms with Crippen LogP contribution in [0.1, 0.15) is 20.3 Å². The number of rotatable bonds is 4. The van der Waals surface area contributed by atoms with Crippen molar-refractivity contribution in [1.82, 2.24) is 0 Å². The maximum absolute atomic E-state index is 9.61. The standard InChI is InChI=1S/C4H11N.C3H8O4S/c1-4-5(2)3;1-2-3-7-8(4,5)6/h4H2,1-3H3;2-3H2,1H3,(H,4,5,6). The quantitative estimate of drug-likeness (QED) is 0.481. The number of hydrogen-bond donors (Lipinski definition) is 1. The Morgan fingerprint density at radius 3 is 1.77 bits per heavy atom. The lowest BCUT2D eigenvalue weighted by atomic mass is 10.5. The van der Waals surface area contributed by atoms with Crippen LogP contribution in [-0.2, 0) is 14.6 Å². The summed E-state index contributed by atoms with van der Waals surface area (Å²) in [6.07, 6.45) is 0.529. The first-order chi connectivity index (χ1) is 5.83. The van der Waals surface area contributed by atoms with Gasteiger partial charge in [0.15, 0.2) is 0 Å². The van der Waals surface area contributed by atoms with Crippen LogP contribution in [0.4, 0.5) is 0 Å². The van der Waals surface area contributed by atoms with Crippen LogP contribution in [-0.4, -0.2) is 40.2 Å². The zero-order valence-corrected chi connectivity index (χ0v) is 9.48. The molecule has 0 saturated carbocycles. The summed E-state index contributed by atoms with van der Waals surface area (Å²) < 4.78 is 32.6. The summed E-state index contributed by atoms with van der Waals surface area (Å²) >= 11 is 0. The molecule has 13 heavy (non-hydrogen) atoms. The highest BCUT2D eigenvalue weighted by Crippen LogP contribution is 1.86.